The van der Waals surface area contributed by atoms with Crippen LogP contribution in [-0.4, -0.2) is 35.7 Å². The van der Waals surface area contributed by atoms with Crippen LogP contribution in [0.3, 0.4) is 0 Å². The Kier molecular flexibility index (Phi) is 56.4. The minimum absolute atomic E-state index is 0. The zero-order valence-corrected chi connectivity index (χ0v) is 17.6. The summed E-state index contributed by atoms with van der Waals surface area (Å²) in [5.74, 6) is 0. The first-order valence-electron chi connectivity index (χ1n) is 5.33. The van der Waals surface area contributed by atoms with Gasteiger partial charge >= 0.3 is 47.8 Å². The van der Waals surface area contributed by atoms with Crippen molar-refractivity contribution in [3.8, 4) is 0 Å². The van der Waals surface area contributed by atoms with Crippen LogP contribution >= 0.6 is 0 Å². The maximum Gasteiger partial charge on any atom is 2.00 e. The summed E-state index contributed by atoms with van der Waals surface area (Å²) in [6.45, 7) is 9.67. The molecule has 0 heterocycles. The van der Waals surface area contributed by atoms with Gasteiger partial charge in [0.25, 0.3) is 0 Å². The van der Waals surface area contributed by atoms with Gasteiger partial charge in [0.2, 0.25) is 0 Å². The van der Waals surface area contributed by atoms with E-state index >= 15 is 0 Å². The van der Waals surface area contributed by atoms with Gasteiger partial charge in [-0.15, -0.1) is 18.3 Å². The van der Waals surface area contributed by atoms with E-state index in [0.717, 1.165) is 0 Å². The zero-order valence-electron chi connectivity index (χ0n) is 12.2. The summed E-state index contributed by atoms with van der Waals surface area (Å²) in [6, 6.07) is 0. The van der Waals surface area contributed by atoms with Crippen LogP contribution in [0.15, 0.2) is 0 Å². The number of hydrogen-bond donors (Lipinski definition) is 0. The molecule has 94 valence electrons. The number of hydrogen-bond acceptors (Lipinski definition) is 3. The van der Waals surface area contributed by atoms with Gasteiger partial charge in [0, 0.05) is 0 Å². The van der Waals surface area contributed by atoms with Crippen LogP contribution in [0.5, 0.6) is 0 Å². The SMILES string of the molecule is CC(C)[O-].CC(C)[O-].CC(C)[O-].[CH3][Ga+][CH3].[Zn+2]. The van der Waals surface area contributed by atoms with Crippen LogP contribution in [0.1, 0.15) is 41.5 Å². The Morgan fingerprint density at radius 3 is 0.625 bits per heavy atom. The van der Waals surface area contributed by atoms with E-state index in [1.165, 1.54) is 0 Å². The third-order valence-electron chi connectivity index (χ3n) is 0. The average Bonchev–Trinajstić information content (AvgIpc) is 1.81. The van der Waals surface area contributed by atoms with Gasteiger partial charge in [0.05, 0.1) is 0 Å². The second-order valence-corrected chi connectivity index (χ2v) is 6.15. The normalized spacial score (nSPS) is 7.38. The molecule has 0 amide bonds. The zero-order chi connectivity index (χ0) is 13.4. The molecule has 0 fully saturated rings. The maximum absolute atomic E-state index is 9.53. The summed E-state index contributed by atoms with van der Waals surface area (Å²) in [6.07, 6.45) is -1.25. The molecule has 0 saturated heterocycles. The molecular formula is C11H27GaO3Zn. The minimum atomic E-state index is -0.417. The molecule has 0 aliphatic rings. The first-order valence-corrected chi connectivity index (χ1v) is 10.2. The maximum atomic E-state index is 9.53. The smallest absolute Gasteiger partial charge is 2.00 e. The Labute approximate surface area is 123 Å². The van der Waals surface area contributed by atoms with E-state index in [0.29, 0.717) is 17.4 Å². The fourth-order valence-corrected chi connectivity index (χ4v) is 0. The molecule has 0 aliphatic carbocycles. The molecule has 0 unspecified atom stereocenters. The number of rotatable bonds is 0. The molecule has 0 aliphatic heterocycles. The van der Waals surface area contributed by atoms with E-state index in [-0.39, 0.29) is 19.5 Å². The van der Waals surface area contributed by atoms with Crippen molar-refractivity contribution in [3.63, 3.8) is 0 Å². The molecule has 0 spiro atoms. The van der Waals surface area contributed by atoms with Gasteiger partial charge in [-0.25, -0.2) is 0 Å². The summed E-state index contributed by atoms with van der Waals surface area (Å²) in [5.41, 5.74) is 4.56. The molecule has 0 rings (SSSR count). The first-order chi connectivity index (χ1) is 6.61. The summed E-state index contributed by atoms with van der Waals surface area (Å²) in [5, 5.41) is 28.6. The molecule has 0 radical (unpaired) electrons. The third-order valence-corrected chi connectivity index (χ3v) is 0. The molecule has 0 aromatic heterocycles. The Balaban J connectivity index is -0.0000000331. The van der Waals surface area contributed by atoms with E-state index < -0.39 is 18.3 Å². The fraction of sp³-hybridized carbons (Fsp3) is 1.00. The largest absolute Gasteiger partial charge is 2.00 e. The van der Waals surface area contributed by atoms with Gasteiger partial charge in [-0.1, -0.05) is 41.5 Å². The van der Waals surface area contributed by atoms with Crippen molar-refractivity contribution < 1.29 is 34.8 Å². The summed E-state index contributed by atoms with van der Waals surface area (Å²) in [7, 11) is 0. The Hall–Kier alpha value is 1.14. The van der Waals surface area contributed by atoms with Crippen LogP contribution in [0, 0.1) is 0 Å². The average molecular weight is 342 g/mol. The molecule has 0 atom stereocenters. The van der Waals surface area contributed by atoms with Crippen molar-refractivity contribution >= 4 is 17.4 Å². The van der Waals surface area contributed by atoms with Gasteiger partial charge in [-0.05, 0) is 0 Å². The van der Waals surface area contributed by atoms with Crippen LogP contribution in [0.2, 0.25) is 11.0 Å². The molecule has 0 aromatic carbocycles. The van der Waals surface area contributed by atoms with E-state index in [1.54, 1.807) is 41.5 Å². The standard InChI is InChI=1S/3C3H7O.2CH3.Ga.Zn/c3*1-3(2)4;;;;/h3*3H,1-2H3;2*1H3;;/q3*-1;;;+1;+2. The van der Waals surface area contributed by atoms with Crippen molar-refractivity contribution in [2.45, 2.75) is 70.8 Å². The molecule has 0 saturated carbocycles. The fourth-order valence-electron chi connectivity index (χ4n) is 0. The van der Waals surface area contributed by atoms with Gasteiger partial charge in [-0.3, -0.25) is 0 Å². The molecule has 3 nitrogen and oxygen atoms in total. The van der Waals surface area contributed by atoms with Crippen LogP contribution in [0.25, 0.3) is 0 Å². The second kappa shape index (κ2) is 29.8. The van der Waals surface area contributed by atoms with Crippen molar-refractivity contribution in [1.29, 1.82) is 0 Å². The van der Waals surface area contributed by atoms with Crippen molar-refractivity contribution in [2.24, 2.45) is 0 Å². The second-order valence-electron chi connectivity index (χ2n) is 3.72. The summed E-state index contributed by atoms with van der Waals surface area (Å²) >= 11 is 0.312. The summed E-state index contributed by atoms with van der Waals surface area (Å²) < 4.78 is 0. The van der Waals surface area contributed by atoms with Crippen molar-refractivity contribution in [2.75, 3.05) is 0 Å². The Morgan fingerprint density at radius 1 is 0.625 bits per heavy atom. The van der Waals surface area contributed by atoms with Gasteiger partial charge < -0.3 is 15.3 Å². The molecule has 0 bridgehead atoms. The van der Waals surface area contributed by atoms with Gasteiger partial charge in [-0.2, -0.15) is 0 Å². The topological polar surface area (TPSA) is 69.2 Å². The third kappa shape index (κ3) is 2330. The van der Waals surface area contributed by atoms with E-state index in [4.69, 9.17) is 0 Å². The van der Waals surface area contributed by atoms with E-state index in [2.05, 4.69) is 11.0 Å². The van der Waals surface area contributed by atoms with Gasteiger partial charge in [0.15, 0.2) is 0 Å². The summed E-state index contributed by atoms with van der Waals surface area (Å²) in [4.78, 5) is 0. The van der Waals surface area contributed by atoms with E-state index in [9.17, 15) is 15.3 Å². The first kappa shape index (κ1) is 30.3. The molecule has 0 N–H and O–H groups in total. The van der Waals surface area contributed by atoms with Crippen molar-refractivity contribution in [1.82, 2.24) is 0 Å². The van der Waals surface area contributed by atoms with Gasteiger partial charge in [0.1, 0.15) is 0 Å². The predicted molar refractivity (Wildman–Crippen MR) is 62.9 cm³/mol. The quantitative estimate of drug-likeness (QED) is 0.584. The van der Waals surface area contributed by atoms with E-state index in [1.807, 2.05) is 0 Å². The Bertz CT molecular complexity index is 59.1. The molecule has 0 aromatic rings. The molecule has 5 heteroatoms. The minimum Gasteiger partial charge on any atom is 2.00 e. The van der Waals surface area contributed by atoms with Crippen LogP contribution in [-0.2, 0) is 19.5 Å². The van der Waals surface area contributed by atoms with Crippen LogP contribution in [0.4, 0.5) is 0 Å². The molecule has 16 heavy (non-hydrogen) atoms. The Morgan fingerprint density at radius 2 is 0.625 bits per heavy atom. The monoisotopic (exact) mass is 340 g/mol. The van der Waals surface area contributed by atoms with Crippen molar-refractivity contribution in [3.05, 3.63) is 0 Å². The van der Waals surface area contributed by atoms with Crippen LogP contribution < -0.4 is 15.3 Å². The predicted octanol–water partition coefficient (Wildman–Crippen LogP) is 0.0496. The molecular weight excluding hydrogens is 315 g/mol.